The van der Waals surface area contributed by atoms with Crippen LogP contribution in [0.2, 0.25) is 0 Å². The average molecular weight is 422 g/mol. The molecule has 0 bridgehead atoms. The number of nitrogens with one attached hydrogen (secondary N) is 1. The summed E-state index contributed by atoms with van der Waals surface area (Å²) >= 11 is 0. The molecule has 4 rings (SSSR count). The van der Waals surface area contributed by atoms with Crippen LogP contribution in [-0.4, -0.2) is 41.9 Å². The fraction of sp³-hybridized carbons (Fsp3) is 0.375. The molecule has 0 spiro atoms. The van der Waals surface area contributed by atoms with Crippen LogP contribution in [0.3, 0.4) is 0 Å². The van der Waals surface area contributed by atoms with E-state index in [1.54, 1.807) is 18.2 Å². The summed E-state index contributed by atoms with van der Waals surface area (Å²) in [5, 5.41) is 2.86. The number of hydrogen-bond donors (Lipinski definition) is 1. The van der Waals surface area contributed by atoms with Gasteiger partial charge in [0, 0.05) is 37.1 Å². The maximum atomic E-state index is 12.5. The number of carbonyl (C=O) groups is 3. The second-order valence-electron chi connectivity index (χ2n) is 7.97. The molecule has 0 fully saturated rings. The van der Waals surface area contributed by atoms with Crippen molar-refractivity contribution in [2.24, 2.45) is 0 Å². The van der Waals surface area contributed by atoms with Gasteiger partial charge in [0.15, 0.2) is 0 Å². The largest absolute Gasteiger partial charge is 0.494 e. The molecule has 2 aliphatic rings. The van der Waals surface area contributed by atoms with E-state index in [0.717, 1.165) is 39.5 Å². The number of benzene rings is 2. The van der Waals surface area contributed by atoms with Gasteiger partial charge < -0.3 is 14.8 Å². The maximum Gasteiger partial charge on any atom is 0.261 e. The van der Waals surface area contributed by atoms with Crippen molar-refractivity contribution in [2.75, 3.05) is 13.2 Å². The van der Waals surface area contributed by atoms with Gasteiger partial charge in [-0.3, -0.25) is 19.3 Å². The summed E-state index contributed by atoms with van der Waals surface area (Å²) in [7, 11) is 0. The zero-order chi connectivity index (χ0) is 22.1. The van der Waals surface area contributed by atoms with E-state index < -0.39 is 0 Å². The lowest BCUT2D eigenvalue weighted by Gasteiger charge is -2.15. The maximum absolute atomic E-state index is 12.5. The van der Waals surface area contributed by atoms with Gasteiger partial charge in [-0.15, -0.1) is 0 Å². The molecule has 0 unspecified atom stereocenters. The van der Waals surface area contributed by atoms with E-state index in [4.69, 9.17) is 9.47 Å². The van der Waals surface area contributed by atoms with Gasteiger partial charge in [-0.1, -0.05) is 11.6 Å². The Balaban J connectivity index is 1.37. The Bertz CT molecular complexity index is 1060. The van der Waals surface area contributed by atoms with Crippen LogP contribution in [0.5, 0.6) is 11.5 Å². The lowest BCUT2D eigenvalue weighted by Crippen LogP contribution is -2.34. The molecule has 7 nitrogen and oxygen atoms in total. The Morgan fingerprint density at radius 3 is 2.74 bits per heavy atom. The van der Waals surface area contributed by atoms with Crippen molar-refractivity contribution in [2.45, 2.75) is 46.3 Å². The second kappa shape index (κ2) is 8.41. The van der Waals surface area contributed by atoms with Crippen molar-refractivity contribution in [3.8, 4) is 11.5 Å². The van der Waals surface area contributed by atoms with Crippen LogP contribution in [0, 0.1) is 6.92 Å². The van der Waals surface area contributed by atoms with Crippen molar-refractivity contribution in [3.63, 3.8) is 0 Å². The third kappa shape index (κ3) is 4.13. The van der Waals surface area contributed by atoms with E-state index in [-0.39, 0.29) is 43.3 Å². The molecule has 0 aliphatic carbocycles. The number of nitrogens with zero attached hydrogens (tertiary/aromatic N) is 1. The molecule has 31 heavy (non-hydrogen) atoms. The first kappa shape index (κ1) is 20.9. The molecule has 7 heteroatoms. The predicted octanol–water partition coefficient (Wildman–Crippen LogP) is 3.02. The lowest BCUT2D eigenvalue weighted by molar-refractivity contribution is -0.121. The van der Waals surface area contributed by atoms with E-state index >= 15 is 0 Å². The van der Waals surface area contributed by atoms with Crippen molar-refractivity contribution in [1.29, 1.82) is 0 Å². The van der Waals surface area contributed by atoms with Crippen molar-refractivity contribution >= 4 is 17.7 Å². The van der Waals surface area contributed by atoms with E-state index in [1.165, 1.54) is 0 Å². The minimum atomic E-state index is -0.351. The first-order chi connectivity index (χ1) is 14.9. The fourth-order valence-electron chi connectivity index (χ4n) is 4.01. The van der Waals surface area contributed by atoms with Gasteiger partial charge in [-0.25, -0.2) is 0 Å². The van der Waals surface area contributed by atoms with Gasteiger partial charge in [-0.2, -0.15) is 0 Å². The molecule has 0 radical (unpaired) electrons. The molecule has 2 aliphatic heterocycles. The summed E-state index contributed by atoms with van der Waals surface area (Å²) in [5.41, 5.74) is 3.65. The van der Waals surface area contributed by atoms with E-state index in [1.807, 2.05) is 32.9 Å². The number of fused-ring (bicyclic) bond motifs is 2. The number of imide groups is 1. The van der Waals surface area contributed by atoms with Gasteiger partial charge >= 0.3 is 0 Å². The first-order valence-corrected chi connectivity index (χ1v) is 10.6. The fourth-order valence-corrected chi connectivity index (χ4v) is 4.01. The molecular formula is C24H26N2O5. The van der Waals surface area contributed by atoms with Gasteiger partial charge in [0.1, 0.15) is 17.6 Å². The van der Waals surface area contributed by atoms with Crippen molar-refractivity contribution in [1.82, 2.24) is 10.2 Å². The quantitative estimate of drug-likeness (QED) is 0.694. The Kier molecular flexibility index (Phi) is 5.67. The molecule has 3 amide bonds. The van der Waals surface area contributed by atoms with Gasteiger partial charge in [-0.05, 0) is 45.0 Å². The average Bonchev–Trinajstić information content (AvgIpc) is 3.20. The Morgan fingerprint density at radius 1 is 1.19 bits per heavy atom. The lowest BCUT2D eigenvalue weighted by atomic mass is 10.1. The zero-order valence-corrected chi connectivity index (χ0v) is 18.0. The highest BCUT2D eigenvalue weighted by molar-refractivity contribution is 6.21. The Hall–Kier alpha value is -3.35. The highest BCUT2D eigenvalue weighted by atomic mass is 16.5. The van der Waals surface area contributed by atoms with Crippen LogP contribution in [0.1, 0.15) is 57.7 Å². The van der Waals surface area contributed by atoms with Crippen LogP contribution in [0.25, 0.3) is 0 Å². The second-order valence-corrected chi connectivity index (χ2v) is 7.97. The third-order valence-electron chi connectivity index (χ3n) is 5.54. The molecule has 1 atom stereocenters. The highest BCUT2D eigenvalue weighted by Gasteiger charge is 2.35. The summed E-state index contributed by atoms with van der Waals surface area (Å²) in [6.45, 7) is 6.65. The number of aryl methyl sites for hydroxylation is 1. The molecule has 0 saturated carbocycles. The molecule has 2 aromatic carbocycles. The summed E-state index contributed by atoms with van der Waals surface area (Å²) in [5.74, 6) is 0.609. The summed E-state index contributed by atoms with van der Waals surface area (Å²) in [4.78, 5) is 38.6. The number of amides is 3. The van der Waals surface area contributed by atoms with Gasteiger partial charge in [0.2, 0.25) is 5.91 Å². The molecule has 0 aromatic heterocycles. The predicted molar refractivity (Wildman–Crippen MR) is 114 cm³/mol. The topological polar surface area (TPSA) is 84.9 Å². The zero-order valence-electron chi connectivity index (χ0n) is 18.0. The van der Waals surface area contributed by atoms with Crippen molar-refractivity contribution in [3.05, 3.63) is 58.1 Å². The number of hydrogen-bond acceptors (Lipinski definition) is 5. The minimum Gasteiger partial charge on any atom is -0.494 e. The standard InChI is InChI=1S/C24H26N2O5/c1-4-30-20-11-16-10-15(3)31-21(16)12-17(20)13-25-22(27)7-8-26-23(28)18-6-5-14(2)9-19(18)24(26)29/h5-6,9,11-12,15H,4,7-8,10,13H2,1-3H3,(H,25,27)/t15-/m1/s1. The molecular weight excluding hydrogens is 396 g/mol. The van der Waals surface area contributed by atoms with Crippen LogP contribution in [0.15, 0.2) is 30.3 Å². The SMILES string of the molecule is CCOc1cc2c(cc1CNC(=O)CCN1C(=O)c3ccc(C)cc3C1=O)O[C@H](C)C2. The number of carbonyl (C=O) groups excluding carboxylic acids is 3. The van der Waals surface area contributed by atoms with Crippen LogP contribution in [-0.2, 0) is 17.8 Å². The normalized spacial score (nSPS) is 16.7. The van der Waals surface area contributed by atoms with E-state index in [9.17, 15) is 14.4 Å². The first-order valence-electron chi connectivity index (χ1n) is 10.6. The molecule has 2 aromatic rings. The van der Waals surface area contributed by atoms with Crippen LogP contribution < -0.4 is 14.8 Å². The van der Waals surface area contributed by atoms with E-state index in [0.29, 0.717) is 17.7 Å². The highest BCUT2D eigenvalue weighted by Crippen LogP contribution is 2.35. The minimum absolute atomic E-state index is 0.0346. The smallest absolute Gasteiger partial charge is 0.261 e. The van der Waals surface area contributed by atoms with Gasteiger partial charge in [0.05, 0.1) is 17.7 Å². The number of rotatable bonds is 7. The van der Waals surface area contributed by atoms with Gasteiger partial charge in [0.25, 0.3) is 11.8 Å². The third-order valence-corrected chi connectivity index (χ3v) is 5.54. The summed E-state index contributed by atoms with van der Waals surface area (Å²) < 4.78 is 11.6. The van der Waals surface area contributed by atoms with Crippen LogP contribution in [0.4, 0.5) is 0 Å². The molecule has 2 heterocycles. The summed E-state index contributed by atoms with van der Waals surface area (Å²) in [6, 6.07) is 9.07. The van der Waals surface area contributed by atoms with Crippen LogP contribution >= 0.6 is 0 Å². The van der Waals surface area contributed by atoms with Crippen molar-refractivity contribution < 1.29 is 23.9 Å². The Labute approximate surface area is 181 Å². The Morgan fingerprint density at radius 2 is 1.97 bits per heavy atom. The van der Waals surface area contributed by atoms with E-state index in [2.05, 4.69) is 5.32 Å². The molecule has 162 valence electrons. The number of ether oxygens (including phenoxy) is 2. The monoisotopic (exact) mass is 422 g/mol. The molecule has 0 saturated heterocycles. The molecule has 1 N–H and O–H groups in total. The summed E-state index contributed by atoms with van der Waals surface area (Å²) in [6.07, 6.45) is 0.993.